The molecule has 1 N–H and O–H groups in total. The molecule has 0 aromatic heterocycles. The number of benzene rings is 2. The van der Waals surface area contributed by atoms with Crippen molar-refractivity contribution in [3.8, 4) is 0 Å². The predicted octanol–water partition coefficient (Wildman–Crippen LogP) is 3.25. The Morgan fingerprint density at radius 1 is 0.958 bits per heavy atom. The van der Waals surface area contributed by atoms with Crippen molar-refractivity contribution in [1.82, 2.24) is 0 Å². The molecule has 124 valence electrons. The minimum Gasteiger partial charge on any atom is -0.389 e. The first-order chi connectivity index (χ1) is 11.6. The van der Waals surface area contributed by atoms with Gasteiger partial charge in [-0.1, -0.05) is 48.5 Å². The zero-order chi connectivity index (χ0) is 16.7. The molecular formula is C21H23NO2. The van der Waals surface area contributed by atoms with E-state index >= 15 is 0 Å². The van der Waals surface area contributed by atoms with Crippen molar-refractivity contribution in [1.29, 1.82) is 0 Å². The Hall–Kier alpha value is -2.13. The lowest BCUT2D eigenvalue weighted by Crippen LogP contribution is -2.61. The van der Waals surface area contributed by atoms with Crippen LogP contribution in [0.2, 0.25) is 0 Å². The molecule has 3 nitrogen and oxygen atoms in total. The summed E-state index contributed by atoms with van der Waals surface area (Å²) in [6.45, 7) is 3.17. The number of piperidine rings is 1. The van der Waals surface area contributed by atoms with E-state index < -0.39 is 5.60 Å². The van der Waals surface area contributed by atoms with E-state index in [1.165, 1.54) is 0 Å². The SMILES string of the molecule is CC1(O)CC(c2ccccc2)C2CN(c3ccccc3)CC1C2=O. The number of fused-ring (bicyclic) bond motifs is 2. The van der Waals surface area contributed by atoms with E-state index in [2.05, 4.69) is 29.2 Å². The molecule has 4 unspecified atom stereocenters. The van der Waals surface area contributed by atoms with E-state index in [0.29, 0.717) is 13.0 Å². The average Bonchev–Trinajstić information content (AvgIpc) is 2.60. The van der Waals surface area contributed by atoms with E-state index in [-0.39, 0.29) is 23.5 Å². The van der Waals surface area contributed by atoms with Crippen molar-refractivity contribution >= 4 is 11.5 Å². The molecule has 1 heterocycles. The van der Waals surface area contributed by atoms with Crippen molar-refractivity contribution in [3.63, 3.8) is 0 Å². The van der Waals surface area contributed by atoms with Crippen LogP contribution in [0.15, 0.2) is 60.7 Å². The van der Waals surface area contributed by atoms with Gasteiger partial charge in [-0.3, -0.25) is 4.79 Å². The molecule has 0 spiro atoms. The minimum atomic E-state index is -0.957. The monoisotopic (exact) mass is 321 g/mol. The molecule has 2 aromatic rings. The Balaban J connectivity index is 1.72. The second kappa shape index (κ2) is 5.75. The Kier molecular flexibility index (Phi) is 3.69. The van der Waals surface area contributed by atoms with E-state index in [4.69, 9.17) is 0 Å². The number of para-hydroxylation sites is 1. The van der Waals surface area contributed by atoms with Crippen molar-refractivity contribution in [2.75, 3.05) is 18.0 Å². The zero-order valence-electron chi connectivity index (χ0n) is 13.9. The van der Waals surface area contributed by atoms with Crippen LogP contribution < -0.4 is 4.90 Å². The fraction of sp³-hybridized carbons (Fsp3) is 0.381. The molecule has 1 aliphatic heterocycles. The number of hydrogen-bond acceptors (Lipinski definition) is 3. The summed E-state index contributed by atoms with van der Waals surface area (Å²) >= 11 is 0. The average molecular weight is 321 g/mol. The van der Waals surface area contributed by atoms with E-state index in [9.17, 15) is 9.90 Å². The van der Waals surface area contributed by atoms with Crippen LogP contribution in [0.1, 0.15) is 24.8 Å². The van der Waals surface area contributed by atoms with Crippen molar-refractivity contribution in [2.24, 2.45) is 11.8 Å². The van der Waals surface area contributed by atoms with Crippen LogP contribution in [0.5, 0.6) is 0 Å². The topological polar surface area (TPSA) is 40.5 Å². The molecule has 0 radical (unpaired) electrons. The third kappa shape index (κ3) is 2.53. The lowest BCUT2D eigenvalue weighted by molar-refractivity contribution is -0.145. The van der Waals surface area contributed by atoms with Gasteiger partial charge in [0, 0.05) is 24.7 Å². The third-order valence-electron chi connectivity index (χ3n) is 5.75. The summed E-state index contributed by atoms with van der Waals surface area (Å²) in [5.41, 5.74) is 1.33. The van der Waals surface area contributed by atoms with Gasteiger partial charge in [-0.25, -0.2) is 0 Å². The lowest BCUT2D eigenvalue weighted by atomic mass is 9.61. The third-order valence-corrected chi connectivity index (χ3v) is 5.75. The number of Topliss-reactive ketones (excluding diaryl/α,β-unsaturated/α-hetero) is 1. The van der Waals surface area contributed by atoms with Crippen LogP contribution in [0.25, 0.3) is 0 Å². The van der Waals surface area contributed by atoms with Gasteiger partial charge in [-0.05, 0) is 37.0 Å². The van der Waals surface area contributed by atoms with Crippen LogP contribution in [0.4, 0.5) is 5.69 Å². The number of carbonyl (C=O) groups excluding carboxylic acids is 1. The number of nitrogens with zero attached hydrogens (tertiary/aromatic N) is 1. The lowest BCUT2D eigenvalue weighted by Gasteiger charge is -2.51. The maximum Gasteiger partial charge on any atom is 0.146 e. The second-order valence-corrected chi connectivity index (χ2v) is 7.38. The molecule has 4 atom stereocenters. The zero-order valence-corrected chi connectivity index (χ0v) is 13.9. The Morgan fingerprint density at radius 2 is 1.58 bits per heavy atom. The number of rotatable bonds is 2. The standard InChI is InChI=1S/C21H23NO2/c1-21(24)12-17(15-8-4-2-5-9-15)18-13-22(14-19(21)20(18)23)16-10-6-3-7-11-16/h2-11,17-19,24H,12-14H2,1H3. The maximum atomic E-state index is 13.0. The van der Waals surface area contributed by atoms with Gasteiger partial charge in [-0.15, -0.1) is 0 Å². The molecule has 2 aliphatic rings. The first kappa shape index (κ1) is 15.4. The number of carbonyl (C=O) groups is 1. The number of anilines is 1. The highest BCUT2D eigenvalue weighted by molar-refractivity contribution is 5.89. The molecule has 1 saturated heterocycles. The van der Waals surface area contributed by atoms with Crippen LogP contribution in [0, 0.1) is 11.8 Å². The first-order valence-corrected chi connectivity index (χ1v) is 8.67. The molecule has 2 bridgehead atoms. The smallest absolute Gasteiger partial charge is 0.146 e. The first-order valence-electron chi connectivity index (χ1n) is 8.67. The molecule has 1 saturated carbocycles. The van der Waals surface area contributed by atoms with Crippen LogP contribution in [-0.2, 0) is 4.79 Å². The highest BCUT2D eigenvalue weighted by atomic mass is 16.3. The highest BCUT2D eigenvalue weighted by Crippen LogP contribution is 2.47. The Bertz CT molecular complexity index is 726. The molecule has 0 amide bonds. The quantitative estimate of drug-likeness (QED) is 0.923. The van der Waals surface area contributed by atoms with Gasteiger partial charge in [0.05, 0.1) is 11.5 Å². The summed E-state index contributed by atoms with van der Waals surface area (Å²) in [5.74, 6) is -0.0493. The maximum absolute atomic E-state index is 13.0. The van der Waals surface area contributed by atoms with Crippen molar-refractivity contribution in [2.45, 2.75) is 24.9 Å². The van der Waals surface area contributed by atoms with Crippen molar-refractivity contribution < 1.29 is 9.90 Å². The summed E-state index contributed by atoms with van der Waals surface area (Å²) in [5, 5.41) is 11.0. The number of ketones is 1. The van der Waals surface area contributed by atoms with Crippen molar-refractivity contribution in [3.05, 3.63) is 66.2 Å². The largest absolute Gasteiger partial charge is 0.389 e. The van der Waals surface area contributed by atoms with Crippen LogP contribution >= 0.6 is 0 Å². The fourth-order valence-electron chi connectivity index (χ4n) is 4.43. The summed E-state index contributed by atoms with van der Waals surface area (Å²) in [4.78, 5) is 15.3. The van der Waals surface area contributed by atoms with Gasteiger partial charge in [0.25, 0.3) is 0 Å². The molecule has 2 fully saturated rings. The number of aliphatic hydroxyl groups is 1. The normalized spacial score (nSPS) is 32.7. The molecular weight excluding hydrogens is 298 g/mol. The van der Waals surface area contributed by atoms with E-state index in [0.717, 1.165) is 17.8 Å². The van der Waals surface area contributed by atoms with Gasteiger partial charge >= 0.3 is 0 Å². The molecule has 3 heteroatoms. The number of hydrogen-bond donors (Lipinski definition) is 1. The molecule has 1 aliphatic carbocycles. The van der Waals surface area contributed by atoms with Gasteiger partial charge in [0.15, 0.2) is 0 Å². The fourth-order valence-corrected chi connectivity index (χ4v) is 4.43. The van der Waals surface area contributed by atoms with Gasteiger partial charge in [0.2, 0.25) is 0 Å². The van der Waals surface area contributed by atoms with E-state index in [1.807, 2.05) is 43.3 Å². The second-order valence-electron chi connectivity index (χ2n) is 7.38. The molecule has 4 rings (SSSR count). The van der Waals surface area contributed by atoms with Crippen LogP contribution in [0.3, 0.4) is 0 Å². The van der Waals surface area contributed by atoms with Gasteiger partial charge in [-0.2, -0.15) is 0 Å². The van der Waals surface area contributed by atoms with Gasteiger partial charge in [0.1, 0.15) is 5.78 Å². The van der Waals surface area contributed by atoms with Gasteiger partial charge < -0.3 is 10.0 Å². The molecule has 24 heavy (non-hydrogen) atoms. The highest BCUT2D eigenvalue weighted by Gasteiger charge is 2.53. The minimum absolute atomic E-state index is 0.0495. The van der Waals surface area contributed by atoms with Crippen LogP contribution in [-0.4, -0.2) is 29.6 Å². The predicted molar refractivity (Wildman–Crippen MR) is 95.1 cm³/mol. The Morgan fingerprint density at radius 3 is 2.25 bits per heavy atom. The Labute approximate surface area is 142 Å². The van der Waals surface area contributed by atoms with E-state index in [1.54, 1.807) is 0 Å². The summed E-state index contributed by atoms with van der Waals surface area (Å²) in [6, 6.07) is 20.4. The summed E-state index contributed by atoms with van der Waals surface area (Å²) in [6.07, 6.45) is 0.653. The summed E-state index contributed by atoms with van der Waals surface area (Å²) < 4.78 is 0. The molecule has 2 aromatic carbocycles. The summed E-state index contributed by atoms with van der Waals surface area (Å²) in [7, 11) is 0.